The minimum Gasteiger partial charge on any atom is -0.445 e. The van der Waals surface area contributed by atoms with E-state index in [1.807, 2.05) is 44.2 Å². The second kappa shape index (κ2) is 6.47. The lowest BCUT2D eigenvalue weighted by molar-refractivity contribution is -0.281. The topological polar surface area (TPSA) is 68.2 Å². The first-order valence-corrected chi connectivity index (χ1v) is 7.92. The first-order chi connectivity index (χ1) is 11.0. The molecule has 3 rings (SSSR count). The Labute approximate surface area is 135 Å². The first kappa shape index (κ1) is 16.2. The number of hydrogen-bond acceptors (Lipinski definition) is 5. The van der Waals surface area contributed by atoms with E-state index >= 15 is 0 Å². The second-order valence-corrected chi connectivity index (χ2v) is 6.45. The van der Waals surface area contributed by atoms with Crippen molar-refractivity contribution < 1.29 is 24.1 Å². The van der Waals surface area contributed by atoms with Crippen molar-refractivity contribution in [2.75, 3.05) is 13.2 Å². The number of ether oxygens (including phenoxy) is 3. The van der Waals surface area contributed by atoms with E-state index in [0.29, 0.717) is 13.0 Å². The van der Waals surface area contributed by atoms with Gasteiger partial charge in [0, 0.05) is 0 Å². The molecule has 0 aromatic heterocycles. The van der Waals surface area contributed by atoms with Crippen LogP contribution in [0.5, 0.6) is 0 Å². The van der Waals surface area contributed by atoms with Gasteiger partial charge >= 0.3 is 6.09 Å². The molecule has 23 heavy (non-hydrogen) atoms. The van der Waals surface area contributed by atoms with Gasteiger partial charge in [-0.15, -0.1) is 0 Å². The van der Waals surface area contributed by atoms with Crippen molar-refractivity contribution in [1.29, 1.82) is 0 Å². The van der Waals surface area contributed by atoms with Crippen LogP contribution in [0, 0.1) is 0 Å². The van der Waals surface area contributed by atoms with Crippen LogP contribution in [-0.4, -0.2) is 53.3 Å². The standard InChI is InChI=1S/C17H23NO5/c1-17(2)22-11-14-15(23-17)8-13(9-19)18(14)16(20)21-10-12-6-4-3-5-7-12/h3-7,13-15,19H,8-11H2,1-2H3/t13-,14+,15-/m0/s1. The lowest BCUT2D eigenvalue weighted by Crippen LogP contribution is -2.53. The minimum absolute atomic E-state index is 0.114. The molecule has 0 unspecified atom stereocenters. The average molecular weight is 321 g/mol. The number of fused-ring (bicyclic) bond motifs is 1. The fourth-order valence-electron chi connectivity index (χ4n) is 3.23. The van der Waals surface area contributed by atoms with Crippen LogP contribution in [0.15, 0.2) is 30.3 Å². The predicted octanol–water partition coefficient (Wildman–Crippen LogP) is 1.91. The molecular formula is C17H23NO5. The largest absolute Gasteiger partial charge is 0.445 e. The molecule has 1 amide bonds. The van der Waals surface area contributed by atoms with Gasteiger partial charge in [0.05, 0.1) is 31.4 Å². The molecule has 3 atom stereocenters. The molecule has 6 heteroatoms. The van der Waals surface area contributed by atoms with Gasteiger partial charge in [-0.2, -0.15) is 0 Å². The summed E-state index contributed by atoms with van der Waals surface area (Å²) in [6.07, 6.45) is 0.0153. The van der Waals surface area contributed by atoms with Crippen molar-refractivity contribution >= 4 is 6.09 Å². The molecule has 2 saturated heterocycles. The molecule has 0 bridgehead atoms. The van der Waals surface area contributed by atoms with Gasteiger partial charge in [-0.3, -0.25) is 4.90 Å². The summed E-state index contributed by atoms with van der Waals surface area (Å²) in [6.45, 7) is 4.19. The number of benzene rings is 1. The summed E-state index contributed by atoms with van der Waals surface area (Å²) in [4.78, 5) is 14.1. The maximum Gasteiger partial charge on any atom is 0.410 e. The van der Waals surface area contributed by atoms with E-state index in [1.165, 1.54) is 0 Å². The maximum atomic E-state index is 12.5. The Morgan fingerprint density at radius 3 is 2.83 bits per heavy atom. The van der Waals surface area contributed by atoms with Crippen molar-refractivity contribution in [3.05, 3.63) is 35.9 Å². The SMILES string of the molecule is CC1(C)OC[C@@H]2[C@H](C[C@@H](CO)N2C(=O)OCc2ccccc2)O1. The van der Waals surface area contributed by atoms with E-state index in [2.05, 4.69) is 0 Å². The van der Waals surface area contributed by atoms with Gasteiger partial charge in [0.15, 0.2) is 5.79 Å². The highest BCUT2D eigenvalue weighted by Gasteiger charge is 2.50. The van der Waals surface area contributed by atoms with Crippen LogP contribution < -0.4 is 0 Å². The second-order valence-electron chi connectivity index (χ2n) is 6.45. The van der Waals surface area contributed by atoms with Crippen LogP contribution in [-0.2, 0) is 20.8 Å². The number of carbonyl (C=O) groups excluding carboxylic acids is 1. The molecule has 2 fully saturated rings. The normalized spacial score (nSPS) is 29.2. The van der Waals surface area contributed by atoms with Gasteiger partial charge in [0.2, 0.25) is 0 Å². The monoisotopic (exact) mass is 321 g/mol. The molecule has 2 aliphatic rings. The number of amides is 1. The fourth-order valence-corrected chi connectivity index (χ4v) is 3.23. The van der Waals surface area contributed by atoms with E-state index in [1.54, 1.807) is 4.90 Å². The Hall–Kier alpha value is -1.63. The fraction of sp³-hybridized carbons (Fsp3) is 0.588. The third kappa shape index (κ3) is 3.49. The van der Waals surface area contributed by atoms with Crippen molar-refractivity contribution in [3.8, 4) is 0 Å². The van der Waals surface area contributed by atoms with Gasteiger partial charge in [-0.1, -0.05) is 30.3 Å². The highest BCUT2D eigenvalue weighted by atomic mass is 16.7. The van der Waals surface area contributed by atoms with Gasteiger partial charge in [0.1, 0.15) is 6.61 Å². The van der Waals surface area contributed by atoms with Crippen LogP contribution in [0.25, 0.3) is 0 Å². The summed E-state index contributed by atoms with van der Waals surface area (Å²) in [5, 5.41) is 9.60. The molecule has 1 aromatic carbocycles. The summed E-state index contributed by atoms with van der Waals surface area (Å²) in [7, 11) is 0. The Morgan fingerprint density at radius 2 is 2.13 bits per heavy atom. The molecule has 1 N–H and O–H groups in total. The molecule has 1 aromatic rings. The summed E-state index contributed by atoms with van der Waals surface area (Å²) in [5.41, 5.74) is 0.925. The molecule has 0 radical (unpaired) electrons. The van der Waals surface area contributed by atoms with Crippen LogP contribution >= 0.6 is 0 Å². The number of rotatable bonds is 3. The molecule has 2 aliphatic heterocycles. The quantitative estimate of drug-likeness (QED) is 0.921. The third-order valence-corrected chi connectivity index (χ3v) is 4.35. The van der Waals surface area contributed by atoms with Gasteiger partial charge < -0.3 is 19.3 Å². The Morgan fingerprint density at radius 1 is 1.39 bits per heavy atom. The lowest BCUT2D eigenvalue weighted by Gasteiger charge is -2.40. The smallest absolute Gasteiger partial charge is 0.410 e. The van der Waals surface area contributed by atoms with Gasteiger partial charge in [-0.25, -0.2) is 4.79 Å². The zero-order valence-electron chi connectivity index (χ0n) is 13.5. The van der Waals surface area contributed by atoms with Crippen molar-refractivity contribution in [2.24, 2.45) is 0 Å². The van der Waals surface area contributed by atoms with Crippen molar-refractivity contribution in [3.63, 3.8) is 0 Å². The van der Waals surface area contributed by atoms with E-state index in [9.17, 15) is 9.90 Å². The maximum absolute atomic E-state index is 12.5. The summed E-state index contributed by atoms with van der Waals surface area (Å²) < 4.78 is 17.0. The lowest BCUT2D eigenvalue weighted by atomic mass is 10.1. The highest BCUT2D eigenvalue weighted by Crippen LogP contribution is 2.35. The molecule has 0 spiro atoms. The van der Waals surface area contributed by atoms with Crippen LogP contribution in [0.4, 0.5) is 4.79 Å². The van der Waals surface area contributed by atoms with Crippen molar-refractivity contribution in [2.45, 2.75) is 50.8 Å². The van der Waals surface area contributed by atoms with Crippen LogP contribution in [0.2, 0.25) is 0 Å². The molecular weight excluding hydrogens is 298 g/mol. The highest BCUT2D eigenvalue weighted by molar-refractivity contribution is 5.69. The minimum atomic E-state index is -0.662. The van der Waals surface area contributed by atoms with Crippen molar-refractivity contribution in [1.82, 2.24) is 4.90 Å². The number of carbonyl (C=O) groups is 1. The first-order valence-electron chi connectivity index (χ1n) is 7.92. The Bertz CT molecular complexity index is 547. The molecule has 0 aliphatic carbocycles. The Kier molecular flexibility index (Phi) is 4.57. The molecule has 6 nitrogen and oxygen atoms in total. The summed E-state index contributed by atoms with van der Waals surface area (Å²) in [6, 6.07) is 9.00. The summed E-state index contributed by atoms with van der Waals surface area (Å²) in [5.74, 6) is -0.662. The zero-order chi connectivity index (χ0) is 16.4. The van der Waals surface area contributed by atoms with Crippen LogP contribution in [0.3, 0.4) is 0 Å². The van der Waals surface area contributed by atoms with E-state index in [0.717, 1.165) is 5.56 Å². The summed E-state index contributed by atoms with van der Waals surface area (Å²) >= 11 is 0. The van der Waals surface area contributed by atoms with Gasteiger partial charge in [0.25, 0.3) is 0 Å². The van der Waals surface area contributed by atoms with E-state index < -0.39 is 11.9 Å². The van der Waals surface area contributed by atoms with E-state index in [-0.39, 0.29) is 31.4 Å². The molecule has 0 saturated carbocycles. The Balaban J connectivity index is 1.66. The average Bonchev–Trinajstić information content (AvgIpc) is 2.90. The molecule has 126 valence electrons. The predicted molar refractivity (Wildman–Crippen MR) is 82.6 cm³/mol. The number of aliphatic hydroxyl groups is 1. The van der Waals surface area contributed by atoms with E-state index in [4.69, 9.17) is 14.2 Å². The zero-order valence-corrected chi connectivity index (χ0v) is 13.5. The number of likely N-dealkylation sites (tertiary alicyclic amines) is 1. The van der Waals surface area contributed by atoms with Crippen LogP contribution in [0.1, 0.15) is 25.8 Å². The molecule has 2 heterocycles. The number of nitrogens with zero attached hydrogens (tertiary/aromatic N) is 1. The number of hydrogen-bond donors (Lipinski definition) is 1. The number of aliphatic hydroxyl groups excluding tert-OH is 1. The third-order valence-electron chi connectivity index (χ3n) is 4.35. The van der Waals surface area contributed by atoms with Gasteiger partial charge in [-0.05, 0) is 25.8 Å².